The number of aryl methyl sites for hydroxylation is 1. The lowest BCUT2D eigenvalue weighted by atomic mass is 10.2. The standard InChI is InChI=1S/C13H20N2.C2H6.CH4O.CH2O/c1-12-4-6-13(7-5-12)15-9-3-8-14(2)10-11-15;3*1-2/h4-7H,3,8-11H2,1-2H3;1-2H3;2H,1H3;1H2. The van der Waals surface area contributed by atoms with Crippen molar-refractivity contribution in [1.82, 2.24) is 4.90 Å². The Balaban J connectivity index is 0. The average molecular weight is 296 g/mol. The monoisotopic (exact) mass is 296 g/mol. The zero-order chi connectivity index (χ0) is 16.7. The Labute approximate surface area is 130 Å². The van der Waals surface area contributed by atoms with Crippen molar-refractivity contribution in [3.8, 4) is 0 Å². The van der Waals surface area contributed by atoms with E-state index in [1.54, 1.807) is 0 Å². The van der Waals surface area contributed by atoms with Gasteiger partial charge in [0, 0.05) is 32.4 Å². The van der Waals surface area contributed by atoms with Crippen LogP contribution in [0.25, 0.3) is 0 Å². The SMILES string of the molecule is C=O.CC.CO.Cc1ccc(N2CCCN(C)CC2)cc1. The van der Waals surface area contributed by atoms with Gasteiger partial charge < -0.3 is 19.7 Å². The summed E-state index contributed by atoms with van der Waals surface area (Å²) in [6, 6.07) is 8.87. The van der Waals surface area contributed by atoms with Crippen molar-refractivity contribution in [2.24, 2.45) is 0 Å². The van der Waals surface area contributed by atoms with Crippen LogP contribution in [0.3, 0.4) is 0 Å². The Morgan fingerprint density at radius 3 is 2.00 bits per heavy atom. The Morgan fingerprint density at radius 2 is 1.48 bits per heavy atom. The summed E-state index contributed by atoms with van der Waals surface area (Å²) in [4.78, 5) is 12.9. The molecule has 1 saturated heterocycles. The van der Waals surface area contributed by atoms with E-state index in [9.17, 15) is 0 Å². The second-order valence-corrected chi connectivity index (χ2v) is 4.48. The van der Waals surface area contributed by atoms with Gasteiger partial charge in [0.25, 0.3) is 0 Å². The van der Waals surface area contributed by atoms with Crippen molar-refractivity contribution < 1.29 is 9.90 Å². The van der Waals surface area contributed by atoms with E-state index in [1.165, 1.54) is 37.3 Å². The fraction of sp³-hybridized carbons (Fsp3) is 0.588. The van der Waals surface area contributed by atoms with Crippen LogP contribution in [0, 0.1) is 6.92 Å². The number of carbonyl (C=O) groups excluding carboxylic acids is 1. The maximum atomic E-state index is 8.00. The number of rotatable bonds is 1. The molecule has 0 amide bonds. The van der Waals surface area contributed by atoms with Gasteiger partial charge in [0.15, 0.2) is 0 Å². The van der Waals surface area contributed by atoms with E-state index in [0.29, 0.717) is 0 Å². The highest BCUT2D eigenvalue weighted by molar-refractivity contribution is 5.47. The summed E-state index contributed by atoms with van der Waals surface area (Å²) in [5, 5.41) is 7.00. The molecule has 2 rings (SSSR count). The number of benzene rings is 1. The first-order valence-electron chi connectivity index (χ1n) is 7.49. The van der Waals surface area contributed by atoms with Gasteiger partial charge in [-0.25, -0.2) is 0 Å². The number of nitrogens with zero attached hydrogens (tertiary/aromatic N) is 2. The lowest BCUT2D eigenvalue weighted by molar-refractivity contribution is -0.0979. The van der Waals surface area contributed by atoms with Gasteiger partial charge in [-0.05, 0) is 39.1 Å². The third-order valence-electron chi connectivity index (χ3n) is 3.12. The molecule has 1 aliphatic rings. The molecule has 1 heterocycles. The van der Waals surface area contributed by atoms with Crippen LogP contribution in [-0.2, 0) is 4.79 Å². The molecule has 0 saturated carbocycles. The summed E-state index contributed by atoms with van der Waals surface area (Å²) >= 11 is 0. The van der Waals surface area contributed by atoms with Crippen molar-refractivity contribution in [3.63, 3.8) is 0 Å². The maximum Gasteiger partial charge on any atom is 0.106 e. The molecule has 0 radical (unpaired) electrons. The van der Waals surface area contributed by atoms with Gasteiger partial charge in [-0.3, -0.25) is 0 Å². The molecular formula is C17H32N2O2. The Hall–Kier alpha value is -1.39. The molecule has 1 aromatic rings. The van der Waals surface area contributed by atoms with E-state index >= 15 is 0 Å². The van der Waals surface area contributed by atoms with Gasteiger partial charge in [-0.2, -0.15) is 0 Å². The Kier molecular flexibility index (Phi) is 15.7. The molecule has 4 heteroatoms. The molecule has 0 atom stereocenters. The minimum Gasteiger partial charge on any atom is -0.400 e. The predicted molar refractivity (Wildman–Crippen MR) is 92.1 cm³/mol. The minimum absolute atomic E-state index is 1.00. The lowest BCUT2D eigenvalue weighted by Crippen LogP contribution is -2.28. The summed E-state index contributed by atoms with van der Waals surface area (Å²) in [7, 11) is 3.21. The van der Waals surface area contributed by atoms with Gasteiger partial charge in [0.2, 0.25) is 0 Å². The quantitative estimate of drug-likeness (QED) is 0.865. The van der Waals surface area contributed by atoms with Gasteiger partial charge in [-0.1, -0.05) is 31.5 Å². The maximum absolute atomic E-state index is 8.00. The second-order valence-electron chi connectivity index (χ2n) is 4.48. The third kappa shape index (κ3) is 9.21. The summed E-state index contributed by atoms with van der Waals surface area (Å²) in [5.74, 6) is 0. The molecule has 122 valence electrons. The van der Waals surface area contributed by atoms with E-state index in [-0.39, 0.29) is 0 Å². The molecule has 21 heavy (non-hydrogen) atoms. The lowest BCUT2D eigenvalue weighted by Gasteiger charge is -2.22. The van der Waals surface area contributed by atoms with Gasteiger partial charge in [-0.15, -0.1) is 0 Å². The molecule has 1 N–H and O–H groups in total. The molecular weight excluding hydrogens is 264 g/mol. The first-order valence-corrected chi connectivity index (χ1v) is 7.49. The highest BCUT2D eigenvalue weighted by atomic mass is 16.2. The molecule has 0 aromatic heterocycles. The van der Waals surface area contributed by atoms with Crippen LogP contribution in [-0.4, -0.2) is 57.1 Å². The predicted octanol–water partition coefficient (Wildman–Crippen LogP) is 2.59. The van der Waals surface area contributed by atoms with Gasteiger partial charge in [0.05, 0.1) is 0 Å². The first kappa shape index (κ1) is 21.9. The van der Waals surface area contributed by atoms with Crippen LogP contribution in [0.4, 0.5) is 5.69 Å². The van der Waals surface area contributed by atoms with Gasteiger partial charge in [0.1, 0.15) is 6.79 Å². The molecule has 4 nitrogen and oxygen atoms in total. The molecule has 1 fully saturated rings. The summed E-state index contributed by atoms with van der Waals surface area (Å²) in [6.07, 6.45) is 1.27. The molecule has 0 aliphatic carbocycles. The second kappa shape index (κ2) is 15.0. The van der Waals surface area contributed by atoms with E-state index < -0.39 is 0 Å². The molecule has 0 unspecified atom stereocenters. The molecule has 1 aliphatic heterocycles. The number of aliphatic hydroxyl groups is 1. The highest BCUT2D eigenvalue weighted by Crippen LogP contribution is 2.16. The van der Waals surface area contributed by atoms with Crippen LogP contribution < -0.4 is 4.90 Å². The highest BCUT2D eigenvalue weighted by Gasteiger charge is 2.11. The van der Waals surface area contributed by atoms with Crippen LogP contribution in [0.2, 0.25) is 0 Å². The number of hydrogen-bond acceptors (Lipinski definition) is 4. The number of carbonyl (C=O) groups is 1. The smallest absolute Gasteiger partial charge is 0.106 e. The topological polar surface area (TPSA) is 43.8 Å². The number of hydrogen-bond donors (Lipinski definition) is 1. The first-order chi connectivity index (χ1) is 10.3. The molecule has 0 spiro atoms. The fourth-order valence-electron chi connectivity index (χ4n) is 2.06. The van der Waals surface area contributed by atoms with Crippen LogP contribution in [0.15, 0.2) is 24.3 Å². The van der Waals surface area contributed by atoms with E-state index in [4.69, 9.17) is 9.90 Å². The normalized spacial score (nSPS) is 14.3. The largest absolute Gasteiger partial charge is 0.400 e. The Morgan fingerprint density at radius 1 is 0.952 bits per heavy atom. The van der Waals surface area contributed by atoms with Crippen molar-refractivity contribution in [2.75, 3.05) is 45.2 Å². The molecule has 1 aromatic carbocycles. The number of aliphatic hydroxyl groups excluding tert-OH is 1. The van der Waals surface area contributed by atoms with Crippen LogP contribution in [0.1, 0.15) is 25.8 Å². The summed E-state index contributed by atoms with van der Waals surface area (Å²) in [6.45, 7) is 12.9. The van der Waals surface area contributed by atoms with E-state index in [1.807, 2.05) is 20.6 Å². The number of anilines is 1. The summed E-state index contributed by atoms with van der Waals surface area (Å²) < 4.78 is 0. The van der Waals surface area contributed by atoms with Crippen LogP contribution in [0.5, 0.6) is 0 Å². The average Bonchev–Trinajstić information content (AvgIpc) is 2.79. The van der Waals surface area contributed by atoms with Crippen LogP contribution >= 0.6 is 0 Å². The van der Waals surface area contributed by atoms with Crippen molar-refractivity contribution >= 4 is 12.5 Å². The fourth-order valence-corrected chi connectivity index (χ4v) is 2.06. The summed E-state index contributed by atoms with van der Waals surface area (Å²) in [5.41, 5.74) is 2.71. The number of likely N-dealkylation sites (N-methyl/N-ethyl adjacent to an activating group) is 1. The van der Waals surface area contributed by atoms with Gasteiger partial charge >= 0.3 is 0 Å². The zero-order valence-electron chi connectivity index (χ0n) is 14.3. The van der Waals surface area contributed by atoms with Crippen molar-refractivity contribution in [3.05, 3.63) is 29.8 Å². The zero-order valence-corrected chi connectivity index (χ0v) is 14.3. The minimum atomic E-state index is 1.00. The van der Waals surface area contributed by atoms with E-state index in [2.05, 4.69) is 48.0 Å². The van der Waals surface area contributed by atoms with Crippen molar-refractivity contribution in [2.45, 2.75) is 27.2 Å². The Bertz CT molecular complexity index is 328. The van der Waals surface area contributed by atoms with Crippen molar-refractivity contribution in [1.29, 1.82) is 0 Å². The van der Waals surface area contributed by atoms with E-state index in [0.717, 1.165) is 13.7 Å². The molecule has 0 bridgehead atoms. The third-order valence-corrected chi connectivity index (χ3v) is 3.12.